The molecule has 2 aliphatic rings. The molecule has 0 saturated heterocycles. The number of hydrogen-bond donors (Lipinski definition) is 2. The van der Waals surface area contributed by atoms with Crippen LogP contribution in [0.2, 0.25) is 5.02 Å². The highest BCUT2D eigenvalue weighted by atomic mass is 35.5. The highest BCUT2D eigenvalue weighted by Gasteiger charge is 2.25. The quantitative estimate of drug-likeness (QED) is 0.399. The molecule has 1 aromatic carbocycles. The fraction of sp³-hybridized carbons (Fsp3) is 0.600. The SMILES string of the molecule is CCCCCCNC(=O)C1=C(C(=O)Nc2cc(OC3CCCC3)c(Cl)cc2F)CCCC1. The zero-order valence-electron chi connectivity index (χ0n) is 18.9. The third-order valence-electron chi connectivity index (χ3n) is 6.20. The molecule has 0 aliphatic heterocycles. The van der Waals surface area contributed by atoms with E-state index in [0.29, 0.717) is 36.3 Å². The first-order valence-electron chi connectivity index (χ1n) is 12.0. The summed E-state index contributed by atoms with van der Waals surface area (Å²) in [4.78, 5) is 25.7. The van der Waals surface area contributed by atoms with Gasteiger partial charge in [0, 0.05) is 23.8 Å². The average Bonchev–Trinajstić information content (AvgIpc) is 3.30. The largest absolute Gasteiger partial charge is 0.489 e. The maximum atomic E-state index is 14.5. The van der Waals surface area contributed by atoms with Crippen LogP contribution < -0.4 is 15.4 Å². The molecule has 0 radical (unpaired) electrons. The Kier molecular flexibility index (Phi) is 9.39. The van der Waals surface area contributed by atoms with Gasteiger partial charge >= 0.3 is 0 Å². The number of carbonyl (C=O) groups is 2. The van der Waals surface area contributed by atoms with Crippen LogP contribution in [0.4, 0.5) is 10.1 Å². The number of hydrogen-bond acceptors (Lipinski definition) is 3. The molecule has 5 nitrogen and oxygen atoms in total. The predicted octanol–water partition coefficient (Wildman–Crippen LogP) is 6.31. The van der Waals surface area contributed by atoms with E-state index < -0.39 is 11.7 Å². The van der Waals surface area contributed by atoms with Gasteiger partial charge in [-0.25, -0.2) is 4.39 Å². The van der Waals surface area contributed by atoms with Crippen molar-refractivity contribution in [3.05, 3.63) is 34.1 Å². The van der Waals surface area contributed by atoms with Crippen LogP contribution in [0.1, 0.15) is 84.0 Å². The number of rotatable bonds is 10. The molecule has 0 spiro atoms. The third kappa shape index (κ3) is 6.71. The van der Waals surface area contributed by atoms with Gasteiger partial charge in [0.15, 0.2) is 0 Å². The molecule has 2 N–H and O–H groups in total. The Labute approximate surface area is 195 Å². The molecule has 32 heavy (non-hydrogen) atoms. The van der Waals surface area contributed by atoms with Crippen LogP contribution in [-0.2, 0) is 9.59 Å². The second-order valence-corrected chi connectivity index (χ2v) is 9.13. The monoisotopic (exact) mass is 464 g/mol. The topological polar surface area (TPSA) is 67.4 Å². The maximum Gasteiger partial charge on any atom is 0.252 e. The van der Waals surface area contributed by atoms with E-state index in [2.05, 4.69) is 17.6 Å². The summed E-state index contributed by atoms with van der Waals surface area (Å²) in [7, 11) is 0. The number of amides is 2. The molecular weight excluding hydrogens is 431 g/mol. The van der Waals surface area contributed by atoms with Crippen molar-refractivity contribution in [1.29, 1.82) is 0 Å². The lowest BCUT2D eigenvalue weighted by Crippen LogP contribution is -2.30. The van der Waals surface area contributed by atoms with Gasteiger partial charge < -0.3 is 15.4 Å². The summed E-state index contributed by atoms with van der Waals surface area (Å²) in [6.45, 7) is 2.74. The van der Waals surface area contributed by atoms with Crippen LogP contribution in [0, 0.1) is 5.82 Å². The Morgan fingerprint density at radius 1 is 1.03 bits per heavy atom. The van der Waals surface area contributed by atoms with Crippen molar-refractivity contribution in [1.82, 2.24) is 5.32 Å². The van der Waals surface area contributed by atoms with Crippen LogP contribution in [0.3, 0.4) is 0 Å². The molecule has 2 aliphatic carbocycles. The van der Waals surface area contributed by atoms with E-state index in [-0.39, 0.29) is 22.7 Å². The summed E-state index contributed by atoms with van der Waals surface area (Å²) in [5.74, 6) is -0.875. The van der Waals surface area contributed by atoms with Crippen LogP contribution in [0.15, 0.2) is 23.3 Å². The number of carbonyl (C=O) groups excluding carboxylic acids is 2. The van der Waals surface area contributed by atoms with Gasteiger partial charge in [-0.15, -0.1) is 0 Å². The Hall–Kier alpha value is -2.08. The van der Waals surface area contributed by atoms with Crippen LogP contribution in [-0.4, -0.2) is 24.5 Å². The van der Waals surface area contributed by atoms with Crippen molar-refractivity contribution in [2.24, 2.45) is 0 Å². The van der Waals surface area contributed by atoms with Gasteiger partial charge in [-0.05, 0) is 63.9 Å². The molecular formula is C25H34ClFN2O3. The van der Waals surface area contributed by atoms with Gasteiger partial charge in [-0.1, -0.05) is 37.8 Å². The number of benzene rings is 1. The van der Waals surface area contributed by atoms with Gasteiger partial charge in [0.2, 0.25) is 5.91 Å². The minimum Gasteiger partial charge on any atom is -0.489 e. The number of nitrogens with one attached hydrogen (secondary N) is 2. The van der Waals surface area contributed by atoms with Crippen molar-refractivity contribution in [3.8, 4) is 5.75 Å². The zero-order valence-corrected chi connectivity index (χ0v) is 19.7. The summed E-state index contributed by atoms with van der Waals surface area (Å²) in [6.07, 6.45) is 11.2. The van der Waals surface area contributed by atoms with Gasteiger partial charge in [-0.2, -0.15) is 0 Å². The van der Waals surface area contributed by atoms with Crippen LogP contribution in [0.25, 0.3) is 0 Å². The van der Waals surface area contributed by atoms with E-state index in [1.165, 1.54) is 12.1 Å². The fourth-order valence-corrected chi connectivity index (χ4v) is 4.56. The predicted molar refractivity (Wildman–Crippen MR) is 126 cm³/mol. The van der Waals surface area contributed by atoms with E-state index in [1.54, 1.807) is 0 Å². The second kappa shape index (κ2) is 12.2. The minimum atomic E-state index is -0.625. The summed E-state index contributed by atoms with van der Waals surface area (Å²) in [6, 6.07) is 2.62. The summed E-state index contributed by atoms with van der Waals surface area (Å²) in [5, 5.41) is 5.78. The third-order valence-corrected chi connectivity index (χ3v) is 6.49. The molecule has 2 amide bonds. The number of halogens is 2. The number of unbranched alkanes of at least 4 members (excludes halogenated alkanes) is 3. The molecule has 176 valence electrons. The number of ether oxygens (including phenoxy) is 1. The van der Waals surface area contributed by atoms with Crippen molar-refractivity contribution in [3.63, 3.8) is 0 Å². The molecule has 1 fully saturated rings. The van der Waals surface area contributed by atoms with Gasteiger partial charge in [0.1, 0.15) is 11.6 Å². The summed E-state index contributed by atoms with van der Waals surface area (Å²) < 4.78 is 20.5. The van der Waals surface area contributed by atoms with Crippen molar-refractivity contribution in [2.75, 3.05) is 11.9 Å². The highest BCUT2D eigenvalue weighted by molar-refractivity contribution is 6.32. The molecule has 7 heteroatoms. The van der Waals surface area contributed by atoms with Crippen molar-refractivity contribution in [2.45, 2.75) is 90.1 Å². The zero-order chi connectivity index (χ0) is 22.9. The average molecular weight is 465 g/mol. The lowest BCUT2D eigenvalue weighted by Gasteiger charge is -2.20. The first-order valence-corrected chi connectivity index (χ1v) is 12.3. The lowest BCUT2D eigenvalue weighted by atomic mass is 9.90. The molecule has 0 unspecified atom stereocenters. The first kappa shape index (κ1) is 24.6. The van der Waals surface area contributed by atoms with Crippen LogP contribution in [0.5, 0.6) is 5.75 Å². The molecule has 1 aromatic rings. The second-order valence-electron chi connectivity index (χ2n) is 8.72. The standard InChI is InChI=1S/C25H34ClFN2O3/c1-2-3-4-9-14-28-24(30)18-12-7-8-13-19(18)25(31)29-22-16-23(20(26)15-21(22)27)32-17-10-5-6-11-17/h15-17H,2-14H2,1H3,(H,28,30)(H,29,31). The van der Waals surface area contributed by atoms with E-state index in [4.69, 9.17) is 16.3 Å². The Balaban J connectivity index is 1.70. The fourth-order valence-electron chi connectivity index (χ4n) is 4.37. The lowest BCUT2D eigenvalue weighted by molar-refractivity contribution is -0.119. The molecule has 0 bridgehead atoms. The van der Waals surface area contributed by atoms with Crippen molar-refractivity contribution < 1.29 is 18.7 Å². The number of anilines is 1. The maximum absolute atomic E-state index is 14.5. The van der Waals surface area contributed by atoms with E-state index in [1.807, 2.05) is 0 Å². The smallest absolute Gasteiger partial charge is 0.252 e. The Bertz CT molecular complexity index is 850. The minimum absolute atomic E-state index is 0.0183. The molecule has 0 aromatic heterocycles. The van der Waals surface area contributed by atoms with Crippen molar-refractivity contribution >= 4 is 29.1 Å². The Morgan fingerprint density at radius 2 is 1.72 bits per heavy atom. The van der Waals surface area contributed by atoms with E-state index in [0.717, 1.165) is 64.2 Å². The van der Waals surface area contributed by atoms with Crippen LogP contribution >= 0.6 is 11.6 Å². The molecule has 3 rings (SSSR count). The summed E-state index contributed by atoms with van der Waals surface area (Å²) in [5.41, 5.74) is 0.973. The molecule has 0 atom stereocenters. The van der Waals surface area contributed by atoms with E-state index in [9.17, 15) is 14.0 Å². The summed E-state index contributed by atoms with van der Waals surface area (Å²) >= 11 is 6.17. The molecule has 1 saturated carbocycles. The van der Waals surface area contributed by atoms with Gasteiger partial charge in [-0.3, -0.25) is 9.59 Å². The highest BCUT2D eigenvalue weighted by Crippen LogP contribution is 2.34. The Morgan fingerprint density at radius 3 is 2.41 bits per heavy atom. The van der Waals surface area contributed by atoms with E-state index >= 15 is 0 Å². The normalized spacial score (nSPS) is 16.8. The molecule has 0 heterocycles. The van der Waals surface area contributed by atoms with Gasteiger partial charge in [0.25, 0.3) is 5.91 Å². The van der Waals surface area contributed by atoms with Gasteiger partial charge in [0.05, 0.1) is 16.8 Å². The first-order chi connectivity index (χ1) is 15.5.